The van der Waals surface area contributed by atoms with Gasteiger partial charge in [-0.1, -0.05) is 19.9 Å². The highest BCUT2D eigenvalue weighted by Crippen LogP contribution is 2.27. The van der Waals surface area contributed by atoms with E-state index in [2.05, 4.69) is 29.2 Å². The molecule has 0 saturated carbocycles. The minimum atomic E-state index is -0.239. The fourth-order valence-corrected chi connectivity index (χ4v) is 2.95. The normalized spacial score (nSPS) is 11.0. The Kier molecular flexibility index (Phi) is 3.80. The number of aromatic nitrogens is 2. The van der Waals surface area contributed by atoms with Gasteiger partial charge in [-0.25, -0.2) is 14.4 Å². The average Bonchev–Trinajstić information content (AvgIpc) is 2.98. The minimum absolute atomic E-state index is 0.239. The number of halogens is 1. The van der Waals surface area contributed by atoms with Crippen molar-refractivity contribution in [3.8, 4) is 22.0 Å². The number of benzene rings is 1. The number of hydrogen-bond donors (Lipinski definition) is 0. The van der Waals surface area contributed by atoms with Crippen molar-refractivity contribution in [3.63, 3.8) is 0 Å². The number of pyridine rings is 1. The van der Waals surface area contributed by atoms with Gasteiger partial charge in [0.25, 0.3) is 0 Å². The fourth-order valence-electron chi connectivity index (χ4n) is 2.00. The van der Waals surface area contributed by atoms with Crippen molar-refractivity contribution < 1.29 is 4.39 Å². The van der Waals surface area contributed by atoms with Crippen molar-refractivity contribution in [2.45, 2.75) is 19.8 Å². The minimum Gasteiger partial charge on any atom is -0.245 e. The molecule has 0 saturated heterocycles. The molecule has 0 aliphatic rings. The largest absolute Gasteiger partial charge is 0.245 e. The lowest BCUT2D eigenvalue weighted by Gasteiger charge is -2.03. The third-order valence-corrected chi connectivity index (χ3v) is 4.10. The molecule has 0 N–H and O–H groups in total. The summed E-state index contributed by atoms with van der Waals surface area (Å²) in [5.74, 6) is 0.173. The second kappa shape index (κ2) is 5.74. The molecule has 0 amide bonds. The van der Waals surface area contributed by atoms with E-state index >= 15 is 0 Å². The summed E-state index contributed by atoms with van der Waals surface area (Å²) in [5, 5.41) is 2.99. The van der Waals surface area contributed by atoms with E-state index in [0.717, 1.165) is 27.7 Å². The molecule has 0 aliphatic heterocycles. The van der Waals surface area contributed by atoms with Crippen LogP contribution >= 0.6 is 11.3 Å². The maximum Gasteiger partial charge on any atom is 0.142 e. The van der Waals surface area contributed by atoms with Crippen LogP contribution in [0.5, 0.6) is 0 Å². The summed E-state index contributed by atoms with van der Waals surface area (Å²) in [4.78, 5) is 9.27. The van der Waals surface area contributed by atoms with E-state index in [1.165, 1.54) is 12.1 Å². The Morgan fingerprint density at radius 1 is 0.952 bits per heavy atom. The molecule has 21 heavy (non-hydrogen) atoms. The Labute approximate surface area is 127 Å². The third-order valence-electron chi connectivity index (χ3n) is 3.22. The van der Waals surface area contributed by atoms with E-state index < -0.39 is 0 Å². The van der Waals surface area contributed by atoms with Gasteiger partial charge in [-0.3, -0.25) is 0 Å². The first-order valence-corrected chi connectivity index (χ1v) is 7.70. The predicted octanol–water partition coefficient (Wildman–Crippen LogP) is 5.13. The fraction of sp³-hybridized carbons (Fsp3) is 0.176. The highest BCUT2D eigenvalue weighted by atomic mass is 32.1. The van der Waals surface area contributed by atoms with E-state index in [-0.39, 0.29) is 5.82 Å². The molecule has 0 fully saturated rings. The van der Waals surface area contributed by atoms with Crippen LogP contribution in [0.1, 0.15) is 25.5 Å². The van der Waals surface area contributed by atoms with Crippen LogP contribution in [0.25, 0.3) is 22.0 Å². The smallest absolute Gasteiger partial charge is 0.142 e. The first kappa shape index (κ1) is 13.9. The highest BCUT2D eigenvalue weighted by molar-refractivity contribution is 7.13. The lowest BCUT2D eigenvalue weighted by molar-refractivity contribution is 0.628. The molecular formula is C17H15FN2S. The second-order valence-electron chi connectivity index (χ2n) is 5.15. The van der Waals surface area contributed by atoms with Crippen molar-refractivity contribution >= 4 is 11.3 Å². The average molecular weight is 298 g/mol. The van der Waals surface area contributed by atoms with Gasteiger partial charge >= 0.3 is 0 Å². The van der Waals surface area contributed by atoms with Gasteiger partial charge in [0.05, 0.1) is 17.1 Å². The van der Waals surface area contributed by atoms with E-state index in [4.69, 9.17) is 0 Å². The molecule has 0 spiro atoms. The molecule has 3 aromatic rings. The van der Waals surface area contributed by atoms with Gasteiger partial charge in [-0.05, 0) is 42.3 Å². The van der Waals surface area contributed by atoms with Crippen molar-refractivity contribution in [2.75, 3.05) is 0 Å². The lowest BCUT2D eigenvalue weighted by atomic mass is 10.1. The Morgan fingerprint density at radius 3 is 2.33 bits per heavy atom. The Hall–Kier alpha value is -2.07. The van der Waals surface area contributed by atoms with Gasteiger partial charge in [-0.2, -0.15) is 0 Å². The maximum absolute atomic E-state index is 13.0. The lowest BCUT2D eigenvalue weighted by Crippen LogP contribution is -1.90. The van der Waals surface area contributed by atoms with Gasteiger partial charge in [0.2, 0.25) is 0 Å². The molecule has 0 bridgehead atoms. The predicted molar refractivity (Wildman–Crippen MR) is 84.8 cm³/mol. The Bertz CT molecular complexity index is 747. The number of hydrogen-bond acceptors (Lipinski definition) is 3. The summed E-state index contributed by atoms with van der Waals surface area (Å²) in [7, 11) is 0. The van der Waals surface area contributed by atoms with E-state index in [9.17, 15) is 4.39 Å². The molecule has 0 aliphatic carbocycles. The van der Waals surface area contributed by atoms with Crippen molar-refractivity contribution in [1.82, 2.24) is 9.97 Å². The molecule has 2 nitrogen and oxygen atoms in total. The zero-order valence-corrected chi connectivity index (χ0v) is 12.7. The Morgan fingerprint density at radius 2 is 1.67 bits per heavy atom. The highest BCUT2D eigenvalue weighted by Gasteiger charge is 2.09. The summed E-state index contributed by atoms with van der Waals surface area (Å²) in [6.07, 6.45) is 0. The molecule has 0 radical (unpaired) electrons. The van der Waals surface area contributed by atoms with Crippen LogP contribution in [-0.4, -0.2) is 9.97 Å². The monoisotopic (exact) mass is 298 g/mol. The van der Waals surface area contributed by atoms with E-state index in [1.54, 1.807) is 23.5 Å². The Balaban J connectivity index is 1.97. The van der Waals surface area contributed by atoms with Crippen LogP contribution in [0.3, 0.4) is 0 Å². The number of nitrogens with zero attached hydrogens (tertiary/aromatic N) is 2. The van der Waals surface area contributed by atoms with Crippen LogP contribution in [0.2, 0.25) is 0 Å². The molecule has 106 valence electrons. The summed E-state index contributed by atoms with van der Waals surface area (Å²) < 4.78 is 13.0. The van der Waals surface area contributed by atoms with Gasteiger partial charge in [0.1, 0.15) is 10.8 Å². The summed E-state index contributed by atoms with van der Waals surface area (Å²) in [6.45, 7) is 4.25. The zero-order chi connectivity index (χ0) is 14.8. The molecule has 0 atom stereocenters. The van der Waals surface area contributed by atoms with Gasteiger partial charge < -0.3 is 0 Å². The van der Waals surface area contributed by atoms with Crippen LogP contribution in [0.15, 0.2) is 47.8 Å². The first-order valence-electron chi connectivity index (χ1n) is 6.82. The van der Waals surface area contributed by atoms with Crippen molar-refractivity contribution in [3.05, 3.63) is 59.4 Å². The van der Waals surface area contributed by atoms with Crippen molar-refractivity contribution in [2.24, 2.45) is 0 Å². The second-order valence-corrected chi connectivity index (χ2v) is 6.01. The van der Waals surface area contributed by atoms with Crippen LogP contribution in [-0.2, 0) is 0 Å². The van der Waals surface area contributed by atoms with Gasteiger partial charge in [0.15, 0.2) is 0 Å². The van der Waals surface area contributed by atoms with Crippen LogP contribution < -0.4 is 0 Å². The zero-order valence-electron chi connectivity index (χ0n) is 11.9. The molecular weight excluding hydrogens is 283 g/mol. The first-order chi connectivity index (χ1) is 10.1. The molecule has 2 heterocycles. The molecule has 0 unspecified atom stereocenters. The molecule has 4 heteroatoms. The molecule has 3 rings (SSSR count). The molecule has 1 aromatic carbocycles. The van der Waals surface area contributed by atoms with Crippen LogP contribution in [0, 0.1) is 5.82 Å². The van der Waals surface area contributed by atoms with Gasteiger partial charge in [-0.15, -0.1) is 11.3 Å². The summed E-state index contributed by atoms with van der Waals surface area (Å²) >= 11 is 1.60. The van der Waals surface area contributed by atoms with Crippen molar-refractivity contribution in [1.29, 1.82) is 0 Å². The maximum atomic E-state index is 13.0. The molecule has 2 aromatic heterocycles. The van der Waals surface area contributed by atoms with E-state index in [1.807, 2.05) is 18.2 Å². The van der Waals surface area contributed by atoms with Gasteiger partial charge in [0, 0.05) is 10.9 Å². The third kappa shape index (κ3) is 3.00. The summed E-state index contributed by atoms with van der Waals surface area (Å²) in [6, 6.07) is 12.2. The number of thiazole rings is 1. The van der Waals surface area contributed by atoms with E-state index in [0.29, 0.717) is 5.92 Å². The summed E-state index contributed by atoms with van der Waals surface area (Å²) in [5.41, 5.74) is 3.67. The number of rotatable bonds is 3. The standard InChI is InChI=1S/C17H15FN2S/c1-11(2)16-10-21-17(20-16)15-5-3-4-14(19-15)12-6-8-13(18)9-7-12/h3-11H,1-2H3. The SMILES string of the molecule is CC(C)c1csc(-c2cccc(-c3ccc(F)cc3)n2)n1. The topological polar surface area (TPSA) is 25.8 Å². The van der Waals surface area contributed by atoms with Crippen LogP contribution in [0.4, 0.5) is 4.39 Å². The quantitative estimate of drug-likeness (QED) is 0.669.